The zero-order valence-electron chi connectivity index (χ0n) is 15.8. The van der Waals surface area contributed by atoms with Crippen LogP contribution in [0.25, 0.3) is 16.9 Å². The Balaban J connectivity index is 1.85. The van der Waals surface area contributed by atoms with E-state index in [1.807, 2.05) is 59.9 Å². The molecule has 1 aliphatic heterocycles. The minimum atomic E-state index is 0.534. The van der Waals surface area contributed by atoms with Crippen LogP contribution in [0.2, 0.25) is 15.1 Å². The molecule has 0 bridgehead atoms. The van der Waals surface area contributed by atoms with E-state index in [2.05, 4.69) is 16.0 Å². The fraction of sp³-hybridized carbons (Fsp3) is 0.238. The Hall–Kier alpha value is -1.66. The lowest BCUT2D eigenvalue weighted by Gasteiger charge is -2.28. The number of thioether (sulfide) groups is 1. The molecule has 0 spiro atoms. The molecule has 3 aromatic rings. The van der Waals surface area contributed by atoms with E-state index >= 15 is 0 Å². The van der Waals surface area contributed by atoms with Crippen molar-refractivity contribution in [2.45, 2.75) is 0 Å². The Bertz CT molecular complexity index is 1040. The Morgan fingerprint density at radius 3 is 2.31 bits per heavy atom. The molecule has 1 aliphatic rings. The van der Waals surface area contributed by atoms with Crippen LogP contribution in [0.15, 0.2) is 53.5 Å². The Labute approximate surface area is 189 Å². The van der Waals surface area contributed by atoms with Gasteiger partial charge >= 0.3 is 0 Å². The topological polar surface area (TPSA) is 33.4 Å². The molecule has 1 saturated heterocycles. The molecule has 4 nitrogen and oxygen atoms in total. The summed E-state index contributed by atoms with van der Waals surface area (Å²) in [6, 6.07) is 15.2. The third-order valence-corrected chi connectivity index (χ3v) is 6.47. The number of amidine groups is 1. The summed E-state index contributed by atoms with van der Waals surface area (Å²) in [6.45, 7) is 1.92. The summed E-state index contributed by atoms with van der Waals surface area (Å²) in [7, 11) is 1.81. The highest BCUT2D eigenvalue weighted by Crippen LogP contribution is 2.31. The van der Waals surface area contributed by atoms with Crippen molar-refractivity contribution in [3.05, 3.63) is 69.3 Å². The lowest BCUT2D eigenvalue weighted by atomic mass is 10.1. The number of hydrogen-bond donors (Lipinski definition) is 0. The molecule has 0 atom stereocenters. The predicted molar refractivity (Wildman–Crippen MR) is 125 cm³/mol. The summed E-state index contributed by atoms with van der Waals surface area (Å²) < 4.78 is 1.85. The van der Waals surface area contributed by atoms with Crippen molar-refractivity contribution >= 4 is 52.4 Å². The van der Waals surface area contributed by atoms with Gasteiger partial charge < -0.3 is 4.90 Å². The van der Waals surface area contributed by atoms with Crippen LogP contribution in [0.5, 0.6) is 0 Å². The van der Waals surface area contributed by atoms with Crippen LogP contribution < -0.4 is 0 Å². The van der Waals surface area contributed by atoms with Gasteiger partial charge in [0.2, 0.25) is 0 Å². The van der Waals surface area contributed by atoms with E-state index in [-0.39, 0.29) is 0 Å². The van der Waals surface area contributed by atoms with Crippen molar-refractivity contribution < 1.29 is 0 Å². The van der Waals surface area contributed by atoms with Crippen LogP contribution in [-0.4, -0.2) is 52.2 Å². The molecule has 29 heavy (non-hydrogen) atoms. The summed E-state index contributed by atoms with van der Waals surface area (Å²) in [5.41, 5.74) is 3.48. The van der Waals surface area contributed by atoms with Crippen molar-refractivity contribution in [3.8, 4) is 16.9 Å². The van der Waals surface area contributed by atoms with E-state index in [9.17, 15) is 0 Å². The van der Waals surface area contributed by atoms with Crippen molar-refractivity contribution in [3.63, 3.8) is 0 Å². The first-order valence-electron chi connectivity index (χ1n) is 9.18. The number of aromatic nitrogens is 2. The summed E-state index contributed by atoms with van der Waals surface area (Å²) in [5, 5.41) is 6.70. The first-order chi connectivity index (χ1) is 14.1. The maximum absolute atomic E-state index is 6.51. The van der Waals surface area contributed by atoms with Crippen LogP contribution in [0.1, 0.15) is 5.69 Å². The third-order valence-electron chi connectivity index (χ3n) is 4.74. The monoisotopic (exact) mass is 464 g/mol. The highest BCUT2D eigenvalue weighted by atomic mass is 35.5. The quantitative estimate of drug-likeness (QED) is 0.355. The molecule has 4 rings (SSSR count). The van der Waals surface area contributed by atoms with E-state index < -0.39 is 0 Å². The highest BCUT2D eigenvalue weighted by molar-refractivity contribution is 7.99. The summed E-state index contributed by atoms with van der Waals surface area (Å²) in [5.74, 6) is 3.07. The summed E-state index contributed by atoms with van der Waals surface area (Å²) >= 11 is 20.7. The molecule has 0 N–H and O–H groups in total. The van der Waals surface area contributed by atoms with E-state index in [0.717, 1.165) is 53.1 Å². The third kappa shape index (κ3) is 4.43. The predicted octanol–water partition coefficient (Wildman–Crippen LogP) is 5.92. The van der Waals surface area contributed by atoms with Crippen LogP contribution in [0.3, 0.4) is 0 Å². The Morgan fingerprint density at radius 2 is 1.66 bits per heavy atom. The fourth-order valence-electron chi connectivity index (χ4n) is 3.35. The second kappa shape index (κ2) is 9.00. The summed E-state index contributed by atoms with van der Waals surface area (Å²) in [6.07, 6.45) is 0. The molecule has 2 aromatic carbocycles. The molecule has 0 radical (unpaired) electrons. The molecule has 8 heteroatoms. The first kappa shape index (κ1) is 20.6. The number of aliphatic imine (C=N–C) groups is 1. The van der Waals surface area contributed by atoms with E-state index in [0.29, 0.717) is 15.1 Å². The number of benzene rings is 2. The van der Waals surface area contributed by atoms with Gasteiger partial charge in [0.05, 0.1) is 16.4 Å². The lowest BCUT2D eigenvalue weighted by molar-refractivity contribution is 0.462. The van der Waals surface area contributed by atoms with E-state index in [1.165, 1.54) is 0 Å². The van der Waals surface area contributed by atoms with Crippen LogP contribution in [0, 0.1) is 0 Å². The minimum Gasteiger partial charge on any atom is -0.353 e. The van der Waals surface area contributed by atoms with Crippen molar-refractivity contribution in [1.82, 2.24) is 14.7 Å². The SMILES string of the molecule is CN=C(c1cc(-c2ccc(Cl)cc2)n(-c2ccc(Cl)cc2Cl)n1)N1CCSCC1. The zero-order valence-corrected chi connectivity index (χ0v) is 18.9. The molecule has 1 fully saturated rings. The molecular formula is C21H19Cl3N4S. The van der Waals surface area contributed by atoms with Crippen molar-refractivity contribution in [1.29, 1.82) is 0 Å². The van der Waals surface area contributed by atoms with Crippen LogP contribution >= 0.6 is 46.6 Å². The number of rotatable bonds is 3. The Kier molecular flexibility index (Phi) is 6.40. The zero-order chi connectivity index (χ0) is 20.4. The van der Waals surface area contributed by atoms with Crippen LogP contribution in [-0.2, 0) is 0 Å². The lowest BCUT2D eigenvalue weighted by Crippen LogP contribution is -2.38. The number of nitrogens with zero attached hydrogens (tertiary/aromatic N) is 4. The van der Waals surface area contributed by atoms with Gasteiger partial charge in [0, 0.05) is 47.3 Å². The minimum absolute atomic E-state index is 0.534. The maximum Gasteiger partial charge on any atom is 0.151 e. The van der Waals surface area contributed by atoms with E-state index in [1.54, 1.807) is 6.07 Å². The normalized spacial score (nSPS) is 15.0. The molecular weight excluding hydrogens is 447 g/mol. The highest BCUT2D eigenvalue weighted by Gasteiger charge is 2.22. The molecule has 150 valence electrons. The second-order valence-electron chi connectivity index (χ2n) is 6.58. The summed E-state index contributed by atoms with van der Waals surface area (Å²) in [4.78, 5) is 6.85. The second-order valence-corrected chi connectivity index (χ2v) is 9.08. The fourth-order valence-corrected chi connectivity index (χ4v) is 4.86. The van der Waals surface area contributed by atoms with Crippen molar-refractivity contribution in [2.75, 3.05) is 31.6 Å². The van der Waals surface area contributed by atoms with Gasteiger partial charge in [0.25, 0.3) is 0 Å². The van der Waals surface area contributed by atoms with E-state index in [4.69, 9.17) is 39.9 Å². The molecule has 1 aromatic heterocycles. The van der Waals surface area contributed by atoms with Gasteiger partial charge in [-0.2, -0.15) is 16.9 Å². The molecule has 0 amide bonds. The smallest absolute Gasteiger partial charge is 0.151 e. The van der Waals surface area contributed by atoms with Gasteiger partial charge in [-0.05, 0) is 36.4 Å². The van der Waals surface area contributed by atoms with Gasteiger partial charge in [-0.25, -0.2) is 4.68 Å². The number of halogens is 3. The average Bonchev–Trinajstić information content (AvgIpc) is 3.14. The van der Waals surface area contributed by atoms with Gasteiger partial charge in [-0.1, -0.05) is 46.9 Å². The largest absolute Gasteiger partial charge is 0.353 e. The molecule has 2 heterocycles. The van der Waals surface area contributed by atoms with Gasteiger partial charge in [-0.3, -0.25) is 4.99 Å². The van der Waals surface area contributed by atoms with Crippen LogP contribution in [0.4, 0.5) is 0 Å². The van der Waals surface area contributed by atoms with Gasteiger partial charge in [-0.15, -0.1) is 0 Å². The van der Waals surface area contributed by atoms with Gasteiger partial charge in [0.1, 0.15) is 5.69 Å². The average molecular weight is 466 g/mol. The Morgan fingerprint density at radius 1 is 0.966 bits per heavy atom. The maximum atomic E-state index is 6.51. The molecule has 0 aliphatic carbocycles. The standard InChI is InChI=1S/C21H19Cl3N4S/c1-25-21(27-8-10-29-11-9-27)18-13-20(14-2-4-15(22)5-3-14)28(26-18)19-7-6-16(23)12-17(19)24/h2-7,12-13H,8-11H2,1H3. The first-order valence-corrected chi connectivity index (χ1v) is 11.5. The molecule has 0 unspecified atom stereocenters. The van der Waals surface area contributed by atoms with Gasteiger partial charge in [0.15, 0.2) is 5.84 Å². The molecule has 0 saturated carbocycles. The van der Waals surface area contributed by atoms with Crippen molar-refractivity contribution in [2.24, 2.45) is 4.99 Å². The number of hydrogen-bond acceptors (Lipinski definition) is 3.